The van der Waals surface area contributed by atoms with Crippen LogP contribution in [0.25, 0.3) is 0 Å². The number of hydrogen-bond acceptors (Lipinski definition) is 1. The molecule has 1 radical (unpaired) electrons. The van der Waals surface area contributed by atoms with Crippen LogP contribution in [0.15, 0.2) is 24.3 Å². The third-order valence-corrected chi connectivity index (χ3v) is 1.17. The van der Waals surface area contributed by atoms with Crippen molar-refractivity contribution in [1.82, 2.24) is 0 Å². The monoisotopic (exact) mass is 128 g/mol. The Balaban J connectivity index is 0.000000810. The first-order valence-electron chi connectivity index (χ1n) is 2.95. The quantitative estimate of drug-likeness (QED) is 0.508. The summed E-state index contributed by atoms with van der Waals surface area (Å²) in [4.78, 5) is 2.03. The van der Waals surface area contributed by atoms with Gasteiger partial charge in [-0.1, -0.05) is 18.2 Å². The predicted molar refractivity (Wildman–Crippen MR) is 46.8 cm³/mol. The number of benzene rings is 1. The van der Waals surface area contributed by atoms with Crippen molar-refractivity contribution in [3.8, 4) is 0 Å². The number of para-hydroxylation sites is 1. The van der Waals surface area contributed by atoms with Gasteiger partial charge < -0.3 is 4.90 Å². The van der Waals surface area contributed by atoms with E-state index < -0.39 is 0 Å². The van der Waals surface area contributed by atoms with Crippen LogP contribution < -0.4 is 4.90 Å². The summed E-state index contributed by atoms with van der Waals surface area (Å²) in [6, 6.07) is 11.0. The van der Waals surface area contributed by atoms with Gasteiger partial charge in [0.2, 0.25) is 0 Å². The zero-order valence-corrected chi connectivity index (χ0v) is 5.76. The third kappa shape index (κ3) is 2.47. The van der Waals surface area contributed by atoms with Gasteiger partial charge in [-0.05, 0) is 6.07 Å². The van der Waals surface area contributed by atoms with Crippen LogP contribution in [-0.4, -0.2) is 33.0 Å². The maximum atomic E-state index is 3.09. The van der Waals surface area contributed by atoms with Crippen molar-refractivity contribution in [1.29, 1.82) is 0 Å². The number of anilines is 1. The van der Waals surface area contributed by atoms with E-state index in [4.69, 9.17) is 0 Å². The molecule has 0 unspecified atom stereocenters. The Kier molecular flexibility index (Phi) is 4.27. The van der Waals surface area contributed by atoms with Gasteiger partial charge in [0.25, 0.3) is 0 Å². The van der Waals surface area contributed by atoms with E-state index in [0.717, 1.165) is 5.69 Å². The second-order valence-electron chi connectivity index (χ2n) is 2.14. The fourth-order valence-corrected chi connectivity index (χ4v) is 0.662. The van der Waals surface area contributed by atoms with E-state index in [2.05, 4.69) is 6.07 Å². The van der Waals surface area contributed by atoms with E-state index in [1.54, 1.807) is 0 Å². The Bertz CT molecular complexity index is 172. The van der Waals surface area contributed by atoms with Crippen LogP contribution >= 0.6 is 0 Å². The molecule has 0 aliphatic carbocycles. The van der Waals surface area contributed by atoms with Gasteiger partial charge in [-0.2, -0.15) is 0 Å². The summed E-state index contributed by atoms with van der Waals surface area (Å²) in [5.41, 5.74) is 1.12. The maximum absolute atomic E-state index is 3.09. The molecule has 0 fully saturated rings. The van der Waals surface area contributed by atoms with Crippen LogP contribution in [0.4, 0.5) is 5.69 Å². The molecule has 0 aliphatic rings. The van der Waals surface area contributed by atoms with Gasteiger partial charge in [-0.25, -0.2) is 0 Å². The van der Waals surface area contributed by atoms with E-state index >= 15 is 0 Å². The van der Waals surface area contributed by atoms with E-state index in [1.807, 2.05) is 43.3 Å². The molecule has 1 aromatic carbocycles. The molecule has 0 spiro atoms. The summed E-state index contributed by atoms with van der Waals surface area (Å²) in [7, 11) is 4.01. The summed E-state index contributed by atoms with van der Waals surface area (Å²) in [6.07, 6.45) is 0. The molecular formula is C8H11LiN. The molecule has 0 saturated heterocycles. The second-order valence-corrected chi connectivity index (χ2v) is 2.14. The average molecular weight is 128 g/mol. The SMILES string of the molecule is CN(C)c1[c]cccc1.[LiH]. The minimum atomic E-state index is 0. The van der Waals surface area contributed by atoms with Crippen LogP contribution in [0, 0.1) is 6.07 Å². The summed E-state index contributed by atoms with van der Waals surface area (Å²) < 4.78 is 0. The van der Waals surface area contributed by atoms with Crippen LogP contribution in [0.2, 0.25) is 0 Å². The topological polar surface area (TPSA) is 3.24 Å². The molecule has 2 heteroatoms. The predicted octanol–water partition coefficient (Wildman–Crippen LogP) is 0.904. The summed E-state index contributed by atoms with van der Waals surface area (Å²) in [5.74, 6) is 0. The van der Waals surface area contributed by atoms with E-state index in [-0.39, 0.29) is 18.9 Å². The van der Waals surface area contributed by atoms with Gasteiger partial charge in [0.05, 0.1) is 0 Å². The Hall–Kier alpha value is -0.383. The first kappa shape index (κ1) is 9.62. The standard InChI is InChI=1S/C8H10N.Li.H/c1-9(2)8-6-4-3-5-7-8;;/h3-6H,1-2H3;;. The Labute approximate surface area is 74.2 Å². The van der Waals surface area contributed by atoms with Crippen molar-refractivity contribution >= 4 is 24.5 Å². The molecule has 0 aliphatic heterocycles. The van der Waals surface area contributed by atoms with Crippen molar-refractivity contribution in [2.45, 2.75) is 0 Å². The first-order chi connectivity index (χ1) is 4.30. The van der Waals surface area contributed by atoms with Gasteiger partial charge in [-0.3, -0.25) is 0 Å². The van der Waals surface area contributed by atoms with E-state index in [0.29, 0.717) is 0 Å². The van der Waals surface area contributed by atoms with Crippen LogP contribution in [0.5, 0.6) is 0 Å². The molecular weight excluding hydrogens is 117 g/mol. The summed E-state index contributed by atoms with van der Waals surface area (Å²) in [5, 5.41) is 0. The van der Waals surface area contributed by atoms with Crippen LogP contribution in [0.3, 0.4) is 0 Å². The minimum absolute atomic E-state index is 0. The van der Waals surface area contributed by atoms with Crippen LogP contribution in [0.1, 0.15) is 0 Å². The van der Waals surface area contributed by atoms with E-state index in [1.165, 1.54) is 0 Å². The second kappa shape index (κ2) is 4.44. The van der Waals surface area contributed by atoms with Gasteiger partial charge in [0.1, 0.15) is 0 Å². The number of hydrogen-bond donors (Lipinski definition) is 0. The molecule has 1 aromatic rings. The first-order valence-corrected chi connectivity index (χ1v) is 2.95. The fraction of sp³-hybridized carbons (Fsp3) is 0.250. The van der Waals surface area contributed by atoms with Crippen LogP contribution in [-0.2, 0) is 0 Å². The Morgan fingerprint density at radius 3 is 2.30 bits per heavy atom. The molecule has 0 heterocycles. The van der Waals surface area contributed by atoms with E-state index in [9.17, 15) is 0 Å². The van der Waals surface area contributed by atoms with Crippen molar-refractivity contribution in [3.05, 3.63) is 30.3 Å². The van der Waals surface area contributed by atoms with Gasteiger partial charge in [0.15, 0.2) is 0 Å². The molecule has 0 N–H and O–H groups in total. The van der Waals surface area contributed by atoms with Gasteiger partial charge >= 0.3 is 18.9 Å². The van der Waals surface area contributed by atoms with Crippen molar-refractivity contribution in [3.63, 3.8) is 0 Å². The van der Waals surface area contributed by atoms with Crippen molar-refractivity contribution < 1.29 is 0 Å². The van der Waals surface area contributed by atoms with Gasteiger partial charge in [0, 0.05) is 25.8 Å². The fourth-order valence-electron chi connectivity index (χ4n) is 0.662. The molecule has 1 rings (SSSR count). The molecule has 0 atom stereocenters. The van der Waals surface area contributed by atoms with Gasteiger partial charge in [-0.15, -0.1) is 0 Å². The molecule has 10 heavy (non-hydrogen) atoms. The summed E-state index contributed by atoms with van der Waals surface area (Å²) >= 11 is 0. The molecule has 0 saturated carbocycles. The average Bonchev–Trinajstić information content (AvgIpc) is 1.90. The third-order valence-electron chi connectivity index (χ3n) is 1.17. The molecule has 0 aromatic heterocycles. The normalized spacial score (nSPS) is 8.20. The number of nitrogens with zero attached hydrogens (tertiary/aromatic N) is 1. The number of rotatable bonds is 1. The summed E-state index contributed by atoms with van der Waals surface area (Å²) in [6.45, 7) is 0. The van der Waals surface area contributed by atoms with Crippen molar-refractivity contribution in [2.24, 2.45) is 0 Å². The molecule has 0 bridgehead atoms. The zero-order valence-electron chi connectivity index (χ0n) is 5.76. The molecule has 1 nitrogen and oxygen atoms in total. The Morgan fingerprint density at radius 2 is 2.00 bits per heavy atom. The zero-order chi connectivity index (χ0) is 6.69. The Morgan fingerprint density at radius 1 is 1.30 bits per heavy atom. The van der Waals surface area contributed by atoms with Crippen molar-refractivity contribution in [2.75, 3.05) is 19.0 Å². The molecule has 49 valence electrons. The molecule has 0 amide bonds.